The lowest BCUT2D eigenvalue weighted by molar-refractivity contribution is -0.137. The molecule has 0 saturated heterocycles. The average molecular weight is 533 g/mol. The lowest BCUT2D eigenvalue weighted by atomic mass is 9.75. The van der Waals surface area contributed by atoms with Crippen LogP contribution < -0.4 is 9.47 Å². The van der Waals surface area contributed by atoms with E-state index >= 15 is 4.39 Å². The van der Waals surface area contributed by atoms with Crippen molar-refractivity contribution in [3.05, 3.63) is 82.7 Å². The molecule has 0 amide bonds. The lowest BCUT2D eigenvalue weighted by Gasteiger charge is -2.31. The predicted molar refractivity (Wildman–Crippen MR) is 152 cm³/mol. The van der Waals surface area contributed by atoms with Crippen LogP contribution in [0.4, 0.5) is 4.39 Å². The Morgan fingerprint density at radius 3 is 2.54 bits per heavy atom. The minimum atomic E-state index is -0.752. The third kappa shape index (κ3) is 7.32. The number of benzene rings is 2. The molecule has 5 rings (SSSR count). The Labute approximate surface area is 231 Å². The van der Waals surface area contributed by atoms with Gasteiger partial charge in [0.25, 0.3) is 0 Å². The number of hydrogen-bond acceptors (Lipinski definition) is 3. The first kappa shape index (κ1) is 27.5. The molecular weight excluding hydrogens is 491 g/mol. The van der Waals surface area contributed by atoms with Crippen LogP contribution in [-0.4, -0.2) is 24.8 Å². The number of methoxy groups -OCH3 is 1. The topological polar surface area (TPSA) is 55.8 Å². The molecule has 0 bridgehead atoms. The quantitative estimate of drug-likeness (QED) is 0.295. The second-order valence-corrected chi connectivity index (χ2v) is 11.6. The van der Waals surface area contributed by atoms with Gasteiger partial charge in [-0.1, -0.05) is 68.4 Å². The normalized spacial score (nSPS) is 20.9. The van der Waals surface area contributed by atoms with Crippen LogP contribution in [0.2, 0.25) is 0 Å². The summed E-state index contributed by atoms with van der Waals surface area (Å²) in [5.74, 6) is 1.67. The van der Waals surface area contributed by atoms with Crippen LogP contribution in [0.1, 0.15) is 93.6 Å². The molecule has 2 aromatic carbocycles. The summed E-state index contributed by atoms with van der Waals surface area (Å²) in [6.07, 6.45) is 16.0. The van der Waals surface area contributed by atoms with Crippen LogP contribution in [0.3, 0.4) is 0 Å². The van der Waals surface area contributed by atoms with Gasteiger partial charge in [0.05, 0.1) is 13.5 Å². The van der Waals surface area contributed by atoms with E-state index in [9.17, 15) is 9.90 Å². The summed E-state index contributed by atoms with van der Waals surface area (Å²) in [4.78, 5) is 11.5. The van der Waals surface area contributed by atoms with E-state index < -0.39 is 5.97 Å². The Morgan fingerprint density at radius 1 is 1.03 bits per heavy atom. The molecule has 3 aliphatic rings. The fourth-order valence-corrected chi connectivity index (χ4v) is 6.45. The first-order valence-corrected chi connectivity index (χ1v) is 14.7. The zero-order valence-corrected chi connectivity index (χ0v) is 23.0. The van der Waals surface area contributed by atoms with Crippen molar-refractivity contribution >= 4 is 5.97 Å². The van der Waals surface area contributed by atoms with Crippen molar-refractivity contribution in [2.24, 2.45) is 11.8 Å². The van der Waals surface area contributed by atoms with E-state index in [0.29, 0.717) is 29.8 Å². The number of carbonyl (C=O) groups is 1. The Hall–Kier alpha value is -3.08. The largest absolute Gasteiger partial charge is 0.497 e. The highest BCUT2D eigenvalue weighted by atomic mass is 19.1. The van der Waals surface area contributed by atoms with E-state index in [2.05, 4.69) is 12.2 Å². The summed E-state index contributed by atoms with van der Waals surface area (Å²) in [6.45, 7) is 0.444. The van der Waals surface area contributed by atoms with E-state index in [4.69, 9.17) is 9.47 Å². The molecule has 4 nitrogen and oxygen atoms in total. The summed E-state index contributed by atoms with van der Waals surface area (Å²) in [7, 11) is 1.63. The number of aliphatic carboxylic acids is 1. The molecule has 1 N–H and O–H groups in total. The molecule has 0 radical (unpaired) electrons. The highest BCUT2D eigenvalue weighted by Crippen LogP contribution is 2.44. The van der Waals surface area contributed by atoms with Crippen molar-refractivity contribution in [2.45, 2.75) is 82.5 Å². The van der Waals surface area contributed by atoms with E-state index in [1.807, 2.05) is 30.3 Å². The van der Waals surface area contributed by atoms with Crippen LogP contribution in [0, 0.1) is 17.7 Å². The number of carboxylic acids is 1. The molecule has 2 aromatic rings. The highest BCUT2D eigenvalue weighted by Gasteiger charge is 2.30. The van der Waals surface area contributed by atoms with Gasteiger partial charge in [-0.25, -0.2) is 4.39 Å². The molecule has 5 heteroatoms. The van der Waals surface area contributed by atoms with Gasteiger partial charge >= 0.3 is 5.97 Å². The number of rotatable bonds is 11. The van der Waals surface area contributed by atoms with Gasteiger partial charge in [0, 0.05) is 5.92 Å². The summed E-state index contributed by atoms with van der Waals surface area (Å²) in [6, 6.07) is 13.0. The first-order valence-electron chi connectivity index (χ1n) is 14.7. The Balaban J connectivity index is 1.34. The van der Waals surface area contributed by atoms with Crippen molar-refractivity contribution in [2.75, 3.05) is 13.7 Å². The zero-order valence-electron chi connectivity index (χ0n) is 23.0. The molecule has 2 saturated carbocycles. The summed E-state index contributed by atoms with van der Waals surface area (Å²) in [5.41, 5.74) is 4.21. The molecule has 1 unspecified atom stereocenters. The number of ether oxygens (including phenoxy) is 2. The van der Waals surface area contributed by atoms with Gasteiger partial charge in [0.1, 0.15) is 23.9 Å². The highest BCUT2D eigenvalue weighted by molar-refractivity contribution is 5.68. The maximum atomic E-state index is 15.1. The third-order valence-corrected chi connectivity index (χ3v) is 8.75. The van der Waals surface area contributed by atoms with E-state index in [1.54, 1.807) is 13.2 Å². The maximum Gasteiger partial charge on any atom is 0.303 e. The molecule has 0 aliphatic heterocycles. The Kier molecular flexibility index (Phi) is 9.06. The number of halogens is 1. The summed E-state index contributed by atoms with van der Waals surface area (Å²) in [5, 5.41) is 9.45. The minimum Gasteiger partial charge on any atom is -0.497 e. The van der Waals surface area contributed by atoms with Crippen LogP contribution in [0.25, 0.3) is 0 Å². The fourth-order valence-electron chi connectivity index (χ4n) is 6.45. The van der Waals surface area contributed by atoms with Gasteiger partial charge in [0.2, 0.25) is 0 Å². The average Bonchev–Trinajstić information content (AvgIpc) is 3.79. The van der Waals surface area contributed by atoms with Gasteiger partial charge in [0.15, 0.2) is 0 Å². The smallest absolute Gasteiger partial charge is 0.303 e. The second-order valence-electron chi connectivity index (χ2n) is 11.6. The number of hydrogen-bond donors (Lipinski definition) is 1. The van der Waals surface area contributed by atoms with Crippen molar-refractivity contribution in [1.82, 2.24) is 0 Å². The number of allylic oxidation sites excluding steroid dienone is 2. The molecule has 39 heavy (non-hydrogen) atoms. The van der Waals surface area contributed by atoms with Gasteiger partial charge in [-0.05, 0) is 90.5 Å². The van der Waals surface area contributed by atoms with Gasteiger partial charge in [-0.15, -0.1) is 0 Å². The Bertz CT molecular complexity index is 1200. The van der Waals surface area contributed by atoms with Crippen LogP contribution in [-0.2, 0) is 4.79 Å². The van der Waals surface area contributed by atoms with Crippen molar-refractivity contribution < 1.29 is 23.8 Å². The minimum absolute atomic E-state index is 0.00878. The van der Waals surface area contributed by atoms with E-state index in [-0.39, 0.29) is 24.1 Å². The van der Waals surface area contributed by atoms with Gasteiger partial charge in [-0.2, -0.15) is 0 Å². The standard InChI is InChI=1S/C34H41FO4/c1-38-28-14-16-33(35)32(21-28)30-15-13-24(18-31(30)25-7-4-2-3-5-8-25)22-39-29-10-6-9-26(19-29)27(20-34(36)37)17-23-11-12-23/h6,9-10,13-14,16,18-19,21,23,25,27,30H,2-5,7-8,11-12,15,17,20,22H2,1H3,(H,36,37)/t27-,30?/m0/s1. The molecule has 0 spiro atoms. The molecule has 0 heterocycles. The van der Waals surface area contributed by atoms with Crippen molar-refractivity contribution in [3.8, 4) is 11.5 Å². The van der Waals surface area contributed by atoms with Crippen molar-refractivity contribution in [1.29, 1.82) is 0 Å². The van der Waals surface area contributed by atoms with E-state index in [0.717, 1.165) is 42.6 Å². The van der Waals surface area contributed by atoms with Gasteiger partial charge in [-0.3, -0.25) is 4.79 Å². The van der Waals surface area contributed by atoms with Crippen LogP contribution in [0.5, 0.6) is 11.5 Å². The van der Waals surface area contributed by atoms with E-state index in [1.165, 1.54) is 50.2 Å². The van der Waals surface area contributed by atoms with Gasteiger partial charge < -0.3 is 14.6 Å². The molecule has 2 fully saturated rings. The number of carboxylic acid groups (broad SMARTS) is 1. The molecular formula is C34H41FO4. The Morgan fingerprint density at radius 2 is 1.82 bits per heavy atom. The molecule has 3 aliphatic carbocycles. The lowest BCUT2D eigenvalue weighted by Crippen LogP contribution is -2.17. The van der Waals surface area contributed by atoms with Crippen molar-refractivity contribution in [3.63, 3.8) is 0 Å². The monoisotopic (exact) mass is 532 g/mol. The summed E-state index contributed by atoms with van der Waals surface area (Å²) < 4.78 is 26.8. The zero-order chi connectivity index (χ0) is 27.2. The van der Waals surface area contributed by atoms with Crippen LogP contribution >= 0.6 is 0 Å². The first-order chi connectivity index (χ1) is 19.0. The predicted octanol–water partition coefficient (Wildman–Crippen LogP) is 8.58. The van der Waals surface area contributed by atoms with Crippen LogP contribution in [0.15, 0.2) is 65.8 Å². The molecule has 2 atom stereocenters. The fraction of sp³-hybridized carbons (Fsp3) is 0.500. The third-order valence-electron chi connectivity index (χ3n) is 8.75. The molecule has 208 valence electrons. The molecule has 0 aromatic heterocycles. The maximum absolute atomic E-state index is 15.1. The SMILES string of the molecule is COc1ccc(F)c(C2CC=C(COc3cccc([C@H](CC(=O)O)CC4CC4)c3)C=C2C2CCCCCC2)c1. The second kappa shape index (κ2) is 12.8. The summed E-state index contributed by atoms with van der Waals surface area (Å²) >= 11 is 0.